The minimum absolute atomic E-state index is 0.298. The van der Waals surface area contributed by atoms with Gasteiger partial charge >= 0.3 is 0 Å². The van der Waals surface area contributed by atoms with Gasteiger partial charge in [-0.1, -0.05) is 17.7 Å². The SMILES string of the molecule is CNC(=S)NNC(=O)C(C)Oc1ccc(C)cc1. The Labute approximate surface area is 112 Å². The third kappa shape index (κ3) is 4.58. The molecule has 0 saturated carbocycles. The number of carbonyl (C=O) groups excluding carboxylic acids is 1. The molecule has 1 atom stereocenters. The number of rotatable bonds is 3. The molecule has 1 aromatic rings. The first-order valence-electron chi connectivity index (χ1n) is 5.54. The van der Waals surface area contributed by atoms with Crippen molar-refractivity contribution in [3.63, 3.8) is 0 Å². The molecule has 0 aromatic heterocycles. The predicted octanol–water partition coefficient (Wildman–Crippen LogP) is 0.887. The van der Waals surface area contributed by atoms with Crippen molar-refractivity contribution in [1.82, 2.24) is 16.2 Å². The van der Waals surface area contributed by atoms with Crippen LogP contribution in [-0.4, -0.2) is 24.2 Å². The van der Waals surface area contributed by atoms with Gasteiger partial charge in [0.25, 0.3) is 5.91 Å². The molecule has 0 aliphatic carbocycles. The number of hydrazine groups is 1. The summed E-state index contributed by atoms with van der Waals surface area (Å²) in [5, 5.41) is 3.02. The average Bonchev–Trinajstić information content (AvgIpc) is 2.38. The van der Waals surface area contributed by atoms with Crippen molar-refractivity contribution >= 4 is 23.2 Å². The second kappa shape index (κ2) is 6.80. The van der Waals surface area contributed by atoms with Crippen LogP contribution >= 0.6 is 12.2 Å². The lowest BCUT2D eigenvalue weighted by molar-refractivity contribution is -0.127. The third-order valence-corrected chi connectivity index (χ3v) is 2.54. The first kappa shape index (κ1) is 14.2. The third-order valence-electron chi connectivity index (χ3n) is 2.23. The lowest BCUT2D eigenvalue weighted by Gasteiger charge is -2.15. The maximum atomic E-state index is 11.6. The quantitative estimate of drug-likeness (QED) is 0.561. The summed E-state index contributed by atoms with van der Waals surface area (Å²) in [5.74, 6) is 0.354. The Morgan fingerprint density at radius 1 is 1.28 bits per heavy atom. The van der Waals surface area contributed by atoms with E-state index in [-0.39, 0.29) is 5.91 Å². The van der Waals surface area contributed by atoms with Crippen LogP contribution in [0.2, 0.25) is 0 Å². The fraction of sp³-hybridized carbons (Fsp3) is 0.333. The molecule has 0 aliphatic heterocycles. The van der Waals surface area contributed by atoms with E-state index >= 15 is 0 Å². The highest BCUT2D eigenvalue weighted by atomic mass is 32.1. The summed E-state index contributed by atoms with van der Waals surface area (Å²) < 4.78 is 5.48. The number of thiocarbonyl (C=S) groups is 1. The molecule has 1 rings (SSSR count). The first-order valence-corrected chi connectivity index (χ1v) is 5.94. The number of carbonyl (C=O) groups is 1. The molecular weight excluding hydrogens is 250 g/mol. The summed E-state index contributed by atoms with van der Waals surface area (Å²) in [5.41, 5.74) is 6.14. The zero-order chi connectivity index (χ0) is 13.5. The minimum atomic E-state index is -0.611. The summed E-state index contributed by atoms with van der Waals surface area (Å²) in [6, 6.07) is 7.50. The number of benzene rings is 1. The van der Waals surface area contributed by atoms with E-state index in [1.54, 1.807) is 14.0 Å². The Hall–Kier alpha value is -1.82. The van der Waals surface area contributed by atoms with Gasteiger partial charge in [0.1, 0.15) is 5.75 Å². The molecule has 0 saturated heterocycles. The molecule has 0 radical (unpaired) electrons. The molecule has 3 N–H and O–H groups in total. The molecule has 6 heteroatoms. The summed E-state index contributed by atoms with van der Waals surface area (Å²) >= 11 is 4.83. The number of nitrogens with one attached hydrogen (secondary N) is 3. The van der Waals surface area contributed by atoms with E-state index < -0.39 is 6.10 Å². The van der Waals surface area contributed by atoms with E-state index in [1.165, 1.54) is 0 Å². The number of ether oxygens (including phenoxy) is 1. The lowest BCUT2D eigenvalue weighted by Crippen LogP contribution is -2.49. The molecule has 98 valence electrons. The van der Waals surface area contributed by atoms with E-state index in [2.05, 4.69) is 16.2 Å². The van der Waals surface area contributed by atoms with Crippen LogP contribution in [0.4, 0.5) is 0 Å². The monoisotopic (exact) mass is 267 g/mol. The zero-order valence-electron chi connectivity index (χ0n) is 10.6. The van der Waals surface area contributed by atoms with Crippen molar-refractivity contribution in [2.45, 2.75) is 20.0 Å². The number of aryl methyl sites for hydroxylation is 1. The molecule has 0 spiro atoms. The first-order chi connectivity index (χ1) is 8.52. The smallest absolute Gasteiger partial charge is 0.279 e. The molecule has 0 fully saturated rings. The molecule has 5 nitrogen and oxygen atoms in total. The predicted molar refractivity (Wildman–Crippen MR) is 74.2 cm³/mol. The molecule has 18 heavy (non-hydrogen) atoms. The van der Waals surface area contributed by atoms with Gasteiger partial charge in [0.05, 0.1) is 0 Å². The zero-order valence-corrected chi connectivity index (χ0v) is 11.4. The van der Waals surface area contributed by atoms with Crippen LogP contribution in [0.1, 0.15) is 12.5 Å². The molecule has 0 heterocycles. The molecule has 1 amide bonds. The van der Waals surface area contributed by atoms with Gasteiger partial charge < -0.3 is 10.1 Å². The Morgan fingerprint density at radius 2 is 1.89 bits per heavy atom. The van der Waals surface area contributed by atoms with Crippen molar-refractivity contribution in [3.8, 4) is 5.75 Å². The van der Waals surface area contributed by atoms with Crippen LogP contribution in [0.3, 0.4) is 0 Å². The maximum absolute atomic E-state index is 11.6. The van der Waals surface area contributed by atoms with Crippen molar-refractivity contribution in [2.24, 2.45) is 0 Å². The van der Waals surface area contributed by atoms with Crippen molar-refractivity contribution in [1.29, 1.82) is 0 Å². The molecule has 0 aliphatic rings. The molecule has 1 aromatic carbocycles. The van der Waals surface area contributed by atoms with E-state index in [9.17, 15) is 4.79 Å². The van der Waals surface area contributed by atoms with Gasteiger partial charge in [0, 0.05) is 7.05 Å². The second-order valence-electron chi connectivity index (χ2n) is 3.77. The van der Waals surface area contributed by atoms with E-state index in [0.717, 1.165) is 5.56 Å². The van der Waals surface area contributed by atoms with E-state index in [0.29, 0.717) is 10.9 Å². The van der Waals surface area contributed by atoms with E-state index in [4.69, 9.17) is 17.0 Å². The summed E-state index contributed by atoms with van der Waals surface area (Å²) in [7, 11) is 1.66. The lowest BCUT2D eigenvalue weighted by atomic mass is 10.2. The van der Waals surface area contributed by atoms with Gasteiger partial charge in [0.15, 0.2) is 11.2 Å². The summed E-state index contributed by atoms with van der Waals surface area (Å²) in [4.78, 5) is 11.6. The van der Waals surface area contributed by atoms with Gasteiger partial charge in [-0.05, 0) is 38.2 Å². The topological polar surface area (TPSA) is 62.4 Å². The Kier molecular flexibility index (Phi) is 5.38. The van der Waals surface area contributed by atoms with Crippen LogP contribution in [0.25, 0.3) is 0 Å². The second-order valence-corrected chi connectivity index (χ2v) is 4.17. The van der Waals surface area contributed by atoms with Crippen molar-refractivity contribution in [3.05, 3.63) is 29.8 Å². The minimum Gasteiger partial charge on any atom is -0.481 e. The Balaban J connectivity index is 2.44. The molecule has 1 unspecified atom stereocenters. The van der Waals surface area contributed by atoms with Crippen LogP contribution in [0.5, 0.6) is 5.75 Å². The summed E-state index contributed by atoms with van der Waals surface area (Å²) in [6.45, 7) is 3.65. The maximum Gasteiger partial charge on any atom is 0.279 e. The Morgan fingerprint density at radius 3 is 2.44 bits per heavy atom. The Bertz CT molecular complexity index is 420. The fourth-order valence-corrected chi connectivity index (χ4v) is 1.21. The van der Waals surface area contributed by atoms with Crippen molar-refractivity contribution < 1.29 is 9.53 Å². The number of hydrogen-bond acceptors (Lipinski definition) is 3. The van der Waals surface area contributed by atoms with Gasteiger partial charge in [-0.15, -0.1) is 0 Å². The van der Waals surface area contributed by atoms with Gasteiger partial charge in [-0.3, -0.25) is 15.6 Å². The largest absolute Gasteiger partial charge is 0.481 e. The standard InChI is InChI=1S/C12H17N3O2S/c1-8-4-6-10(7-5-8)17-9(2)11(16)14-15-12(18)13-3/h4-7,9H,1-3H3,(H,14,16)(H2,13,15,18). The van der Waals surface area contributed by atoms with Gasteiger partial charge in [-0.25, -0.2) is 0 Å². The highest BCUT2D eigenvalue weighted by Crippen LogP contribution is 2.13. The van der Waals surface area contributed by atoms with Crippen LogP contribution in [-0.2, 0) is 4.79 Å². The summed E-state index contributed by atoms with van der Waals surface area (Å²) in [6.07, 6.45) is -0.611. The normalized spacial score (nSPS) is 11.3. The average molecular weight is 267 g/mol. The van der Waals surface area contributed by atoms with Gasteiger partial charge in [0.2, 0.25) is 0 Å². The van der Waals surface area contributed by atoms with Gasteiger partial charge in [-0.2, -0.15) is 0 Å². The van der Waals surface area contributed by atoms with E-state index in [1.807, 2.05) is 31.2 Å². The fourth-order valence-electron chi connectivity index (χ4n) is 1.16. The van der Waals surface area contributed by atoms with Crippen LogP contribution in [0.15, 0.2) is 24.3 Å². The van der Waals surface area contributed by atoms with Crippen LogP contribution < -0.4 is 20.9 Å². The number of amides is 1. The number of hydrogen-bond donors (Lipinski definition) is 3. The highest BCUT2D eigenvalue weighted by molar-refractivity contribution is 7.80. The van der Waals surface area contributed by atoms with Crippen LogP contribution in [0, 0.1) is 6.92 Å². The molecule has 0 bridgehead atoms. The highest BCUT2D eigenvalue weighted by Gasteiger charge is 2.14. The van der Waals surface area contributed by atoms with Crippen molar-refractivity contribution in [2.75, 3.05) is 7.05 Å². The molecular formula is C12H17N3O2S.